The summed E-state index contributed by atoms with van der Waals surface area (Å²) in [5.41, 5.74) is 2.21. The van der Waals surface area contributed by atoms with E-state index in [9.17, 15) is 4.79 Å². The van der Waals surface area contributed by atoms with Gasteiger partial charge in [0.15, 0.2) is 5.65 Å². The number of carbonyl (C=O) groups excluding carboxylic acids is 1. The third-order valence-corrected chi connectivity index (χ3v) is 5.27. The van der Waals surface area contributed by atoms with Gasteiger partial charge in [0, 0.05) is 25.3 Å². The Morgan fingerprint density at radius 2 is 2.04 bits per heavy atom. The molecule has 0 radical (unpaired) electrons. The summed E-state index contributed by atoms with van der Waals surface area (Å²) in [4.78, 5) is 23.5. The number of imidazole rings is 1. The third kappa shape index (κ3) is 2.64. The predicted octanol–water partition coefficient (Wildman–Crippen LogP) is 2.92. The number of aromatic nitrogens is 3. The molecule has 2 aromatic heterocycles. The molecule has 4 rings (SSSR count). The largest absolute Gasteiger partial charge is 0.337 e. The molecule has 0 N–H and O–H groups in total. The molecule has 3 heterocycles. The number of hydrogen-bond acceptors (Lipinski definition) is 4. The Kier molecular flexibility index (Phi) is 3.93. The average molecular weight is 323 g/mol. The molecule has 1 saturated heterocycles. The zero-order valence-corrected chi connectivity index (χ0v) is 13.7. The molecule has 1 atom stereocenters. The Balaban J connectivity index is 1.59. The van der Waals surface area contributed by atoms with Crippen molar-refractivity contribution in [2.45, 2.75) is 44.6 Å². The lowest BCUT2D eigenvalue weighted by molar-refractivity contribution is 0.0698. The molecule has 0 aromatic carbocycles. The van der Waals surface area contributed by atoms with E-state index in [1.54, 1.807) is 11.1 Å². The minimum atomic E-state index is -0.0547. The van der Waals surface area contributed by atoms with Crippen LogP contribution in [-0.4, -0.2) is 38.4 Å². The molecule has 0 spiro atoms. The lowest BCUT2D eigenvalue weighted by Crippen LogP contribution is -2.39. The van der Waals surface area contributed by atoms with Crippen molar-refractivity contribution in [3.8, 4) is 6.07 Å². The SMILES string of the molecule is N#CC1CCCN(C(=O)c2cnc3c(c2)ncn3C2CCCC2)C1. The van der Waals surface area contributed by atoms with Crippen LogP contribution >= 0.6 is 0 Å². The normalized spacial score (nSPS) is 22.0. The van der Waals surface area contributed by atoms with Gasteiger partial charge in [-0.1, -0.05) is 12.8 Å². The minimum Gasteiger partial charge on any atom is -0.337 e. The molecule has 2 fully saturated rings. The fraction of sp³-hybridized carbons (Fsp3) is 0.556. The summed E-state index contributed by atoms with van der Waals surface area (Å²) in [6, 6.07) is 4.61. The molecule has 6 heteroatoms. The topological polar surface area (TPSA) is 74.8 Å². The Labute approximate surface area is 141 Å². The van der Waals surface area contributed by atoms with Crippen LogP contribution in [0.5, 0.6) is 0 Å². The molecular formula is C18H21N5O. The van der Waals surface area contributed by atoms with Gasteiger partial charge in [0.1, 0.15) is 5.52 Å². The summed E-state index contributed by atoms with van der Waals surface area (Å²) < 4.78 is 2.16. The van der Waals surface area contributed by atoms with Crippen molar-refractivity contribution in [1.29, 1.82) is 5.26 Å². The van der Waals surface area contributed by atoms with E-state index in [0.29, 0.717) is 24.7 Å². The second-order valence-electron chi connectivity index (χ2n) is 6.88. The first-order valence-electron chi connectivity index (χ1n) is 8.78. The Bertz CT molecular complexity index is 799. The van der Waals surface area contributed by atoms with Crippen LogP contribution in [0.2, 0.25) is 0 Å². The highest BCUT2D eigenvalue weighted by Gasteiger charge is 2.25. The van der Waals surface area contributed by atoms with E-state index in [2.05, 4.69) is 20.6 Å². The van der Waals surface area contributed by atoms with Gasteiger partial charge in [0.25, 0.3) is 5.91 Å². The number of amides is 1. The van der Waals surface area contributed by atoms with Crippen molar-refractivity contribution < 1.29 is 4.79 Å². The molecule has 1 unspecified atom stereocenters. The predicted molar refractivity (Wildman–Crippen MR) is 89.3 cm³/mol. The molecular weight excluding hydrogens is 302 g/mol. The Morgan fingerprint density at radius 1 is 1.21 bits per heavy atom. The van der Waals surface area contributed by atoms with Crippen LogP contribution in [0, 0.1) is 17.2 Å². The summed E-state index contributed by atoms with van der Waals surface area (Å²) in [6.45, 7) is 1.23. The van der Waals surface area contributed by atoms with Crippen LogP contribution in [-0.2, 0) is 0 Å². The number of carbonyl (C=O) groups is 1. The fourth-order valence-corrected chi connectivity index (χ4v) is 3.94. The summed E-state index contributed by atoms with van der Waals surface area (Å²) >= 11 is 0. The van der Waals surface area contributed by atoms with E-state index in [0.717, 1.165) is 24.0 Å². The first kappa shape index (κ1) is 15.1. The van der Waals surface area contributed by atoms with Crippen LogP contribution in [0.15, 0.2) is 18.6 Å². The lowest BCUT2D eigenvalue weighted by Gasteiger charge is -2.29. The Hall–Kier alpha value is -2.42. The van der Waals surface area contributed by atoms with E-state index < -0.39 is 0 Å². The quantitative estimate of drug-likeness (QED) is 0.851. The van der Waals surface area contributed by atoms with Gasteiger partial charge >= 0.3 is 0 Å². The maximum atomic E-state index is 12.7. The lowest BCUT2D eigenvalue weighted by atomic mass is 9.99. The van der Waals surface area contributed by atoms with Gasteiger partial charge in [0.2, 0.25) is 0 Å². The number of fused-ring (bicyclic) bond motifs is 1. The van der Waals surface area contributed by atoms with E-state index in [-0.39, 0.29) is 11.8 Å². The van der Waals surface area contributed by atoms with Crippen LogP contribution in [0.3, 0.4) is 0 Å². The maximum Gasteiger partial charge on any atom is 0.255 e. The van der Waals surface area contributed by atoms with Crippen LogP contribution in [0.1, 0.15) is 54.9 Å². The molecule has 1 aliphatic carbocycles. The number of nitrogens with zero attached hydrogens (tertiary/aromatic N) is 5. The van der Waals surface area contributed by atoms with Gasteiger partial charge < -0.3 is 9.47 Å². The molecule has 1 aliphatic heterocycles. The molecule has 6 nitrogen and oxygen atoms in total. The molecule has 1 amide bonds. The molecule has 2 aliphatic rings. The van der Waals surface area contributed by atoms with Gasteiger partial charge in [0.05, 0.1) is 23.9 Å². The van der Waals surface area contributed by atoms with E-state index in [4.69, 9.17) is 5.26 Å². The summed E-state index contributed by atoms with van der Waals surface area (Å²) in [6.07, 6.45) is 10.2. The van der Waals surface area contributed by atoms with Crippen molar-refractivity contribution in [3.05, 3.63) is 24.2 Å². The molecule has 0 bridgehead atoms. The zero-order chi connectivity index (χ0) is 16.5. The first-order chi connectivity index (χ1) is 11.8. The van der Waals surface area contributed by atoms with Crippen molar-refractivity contribution in [3.63, 3.8) is 0 Å². The second-order valence-corrected chi connectivity index (χ2v) is 6.88. The number of hydrogen-bond donors (Lipinski definition) is 0. The summed E-state index contributed by atoms with van der Waals surface area (Å²) in [5.74, 6) is -0.0965. The smallest absolute Gasteiger partial charge is 0.255 e. The van der Waals surface area contributed by atoms with Gasteiger partial charge in [-0.3, -0.25) is 4.79 Å². The third-order valence-electron chi connectivity index (χ3n) is 5.27. The standard InChI is InChI=1S/C18H21N5O/c19-9-13-4-3-7-22(11-13)18(24)14-8-16-17(20-10-14)23(12-21-16)15-5-1-2-6-15/h8,10,12-13,15H,1-7,11H2. The van der Waals surface area contributed by atoms with Crippen molar-refractivity contribution in [1.82, 2.24) is 19.4 Å². The number of piperidine rings is 1. The number of nitriles is 1. The highest BCUT2D eigenvalue weighted by Crippen LogP contribution is 2.31. The second kappa shape index (κ2) is 6.23. The fourth-order valence-electron chi connectivity index (χ4n) is 3.94. The zero-order valence-electron chi connectivity index (χ0n) is 13.7. The highest BCUT2D eigenvalue weighted by molar-refractivity contribution is 5.96. The average Bonchev–Trinajstić information content (AvgIpc) is 3.29. The van der Waals surface area contributed by atoms with Crippen molar-refractivity contribution >= 4 is 17.1 Å². The van der Waals surface area contributed by atoms with Crippen LogP contribution in [0.4, 0.5) is 0 Å². The van der Waals surface area contributed by atoms with E-state index in [1.165, 1.54) is 25.7 Å². The van der Waals surface area contributed by atoms with Crippen molar-refractivity contribution in [2.24, 2.45) is 5.92 Å². The first-order valence-corrected chi connectivity index (χ1v) is 8.78. The molecule has 1 saturated carbocycles. The van der Waals surface area contributed by atoms with Gasteiger partial charge in [-0.15, -0.1) is 0 Å². The van der Waals surface area contributed by atoms with E-state index in [1.807, 2.05) is 12.4 Å². The minimum absolute atomic E-state index is 0.0419. The highest BCUT2D eigenvalue weighted by atomic mass is 16.2. The number of rotatable bonds is 2. The van der Waals surface area contributed by atoms with Gasteiger partial charge in [-0.2, -0.15) is 5.26 Å². The number of likely N-dealkylation sites (tertiary alicyclic amines) is 1. The summed E-state index contributed by atoms with van der Waals surface area (Å²) in [7, 11) is 0. The van der Waals surface area contributed by atoms with Gasteiger partial charge in [-0.05, 0) is 31.7 Å². The molecule has 2 aromatic rings. The summed E-state index contributed by atoms with van der Waals surface area (Å²) in [5, 5.41) is 9.10. The van der Waals surface area contributed by atoms with E-state index >= 15 is 0 Å². The molecule has 124 valence electrons. The number of pyridine rings is 1. The maximum absolute atomic E-state index is 12.7. The van der Waals surface area contributed by atoms with Gasteiger partial charge in [-0.25, -0.2) is 9.97 Å². The monoisotopic (exact) mass is 323 g/mol. The van der Waals surface area contributed by atoms with Crippen molar-refractivity contribution in [2.75, 3.05) is 13.1 Å². The van der Waals surface area contributed by atoms with Crippen LogP contribution < -0.4 is 0 Å². The van der Waals surface area contributed by atoms with Crippen LogP contribution in [0.25, 0.3) is 11.2 Å². The molecule has 24 heavy (non-hydrogen) atoms. The Morgan fingerprint density at radius 3 is 2.83 bits per heavy atom.